The average Bonchev–Trinajstić information content (AvgIpc) is 3.27. The molecule has 0 fully saturated rings. The summed E-state index contributed by atoms with van der Waals surface area (Å²) in [5, 5.41) is 5.56. The summed E-state index contributed by atoms with van der Waals surface area (Å²) in [5.74, 6) is -0.799. The zero-order chi connectivity index (χ0) is 25.8. The predicted octanol–water partition coefficient (Wildman–Crippen LogP) is 5.97. The minimum Gasteiger partial charge on any atom is -0.573 e. The van der Waals surface area contributed by atoms with Gasteiger partial charge in [0.15, 0.2) is 0 Å². The van der Waals surface area contributed by atoms with Gasteiger partial charge >= 0.3 is 12.4 Å². The minimum atomic E-state index is -5.23. The van der Waals surface area contributed by atoms with Crippen molar-refractivity contribution in [2.75, 3.05) is 7.11 Å². The van der Waals surface area contributed by atoms with Crippen LogP contribution in [-0.2, 0) is 32.5 Å². The van der Waals surface area contributed by atoms with Crippen LogP contribution in [0, 0.1) is 17.7 Å². The van der Waals surface area contributed by atoms with Crippen LogP contribution in [0.25, 0.3) is 22.6 Å². The Morgan fingerprint density at radius 2 is 1.58 bits per heavy atom. The summed E-state index contributed by atoms with van der Waals surface area (Å²) < 4.78 is 107. The smallest absolute Gasteiger partial charge is 0.432 e. The van der Waals surface area contributed by atoms with Gasteiger partial charge in [0.05, 0.1) is 12.7 Å². The molecule has 0 saturated carbocycles. The number of ether oxygens (including phenoxy) is 1. The first-order valence-corrected chi connectivity index (χ1v) is 9.38. The molecule has 0 aliphatic carbocycles. The van der Waals surface area contributed by atoms with E-state index in [1.807, 2.05) is 0 Å². The van der Waals surface area contributed by atoms with E-state index in [2.05, 4.69) is 26.2 Å². The molecule has 0 aliphatic rings. The predicted molar refractivity (Wildman–Crippen MR) is 106 cm³/mol. The Bertz CT molecular complexity index is 1290. The van der Waals surface area contributed by atoms with Gasteiger partial charge in [0, 0.05) is 49.8 Å². The van der Waals surface area contributed by atoms with Gasteiger partial charge in [-0.3, -0.25) is 13.8 Å². The number of methoxy groups -OCH3 is 1. The number of rotatable bonds is 3. The third kappa shape index (κ3) is 6.85. The molecule has 0 spiro atoms. The summed E-state index contributed by atoms with van der Waals surface area (Å²) in [7, 11) is 1.50. The van der Waals surface area contributed by atoms with Gasteiger partial charge in [-0.25, -0.2) is 0 Å². The summed E-state index contributed by atoms with van der Waals surface area (Å²) in [6, 6.07) is 11.5. The Morgan fingerprint density at radius 3 is 2.14 bits per heavy atom. The van der Waals surface area contributed by atoms with Gasteiger partial charge in [-0.05, 0) is 30.0 Å². The van der Waals surface area contributed by atoms with E-state index < -0.39 is 40.9 Å². The Labute approximate surface area is 211 Å². The summed E-state index contributed by atoms with van der Waals surface area (Å²) in [6.45, 7) is 0. The molecule has 4 aromatic rings. The normalized spacial score (nSPS) is 11.2. The van der Waals surface area contributed by atoms with Gasteiger partial charge in [-0.2, -0.15) is 26.3 Å². The van der Waals surface area contributed by atoms with E-state index in [0.29, 0.717) is 11.4 Å². The number of aromatic nitrogens is 4. The quantitative estimate of drug-likeness (QED) is 0.196. The van der Waals surface area contributed by atoms with Crippen LogP contribution in [0.5, 0.6) is 5.75 Å². The van der Waals surface area contributed by atoms with Crippen molar-refractivity contribution in [3.63, 3.8) is 0 Å². The first-order chi connectivity index (χ1) is 16.4. The molecule has 0 unspecified atom stereocenters. The maximum Gasteiger partial charge on any atom is 0.432 e. The maximum absolute atomic E-state index is 13.4. The van der Waals surface area contributed by atoms with Crippen molar-refractivity contribution >= 4 is 0 Å². The zero-order valence-electron chi connectivity index (χ0n) is 17.8. The van der Waals surface area contributed by atoms with E-state index in [1.54, 1.807) is 12.1 Å². The van der Waals surface area contributed by atoms with E-state index in [4.69, 9.17) is 4.74 Å². The van der Waals surface area contributed by atoms with E-state index in [9.17, 15) is 35.1 Å². The fourth-order valence-corrected chi connectivity index (χ4v) is 2.78. The molecule has 0 amide bonds. The standard InChI is InChI=1S/C12H8F2NO.C10H4F6N3.Ir/c1-16-9-4-5-15-12(7-9)10-3-2-8(13)6-11(10)14;11-9(12,13)6-7(5-3-1-2-4-17-5)18-19-8(6)10(14,15)16;/h2,4-7H,1H3;1-4H;/q2*-1;. The number of pyridine rings is 2. The van der Waals surface area contributed by atoms with Crippen LogP contribution in [0.2, 0.25) is 0 Å². The third-order valence-electron chi connectivity index (χ3n) is 4.26. The number of halogens is 8. The van der Waals surface area contributed by atoms with E-state index >= 15 is 0 Å². The van der Waals surface area contributed by atoms with Gasteiger partial charge < -0.3 is 19.9 Å². The van der Waals surface area contributed by atoms with E-state index in [1.165, 1.54) is 25.4 Å². The van der Waals surface area contributed by atoms with Crippen molar-refractivity contribution in [1.29, 1.82) is 0 Å². The van der Waals surface area contributed by atoms with Gasteiger partial charge in [-0.1, -0.05) is 23.4 Å². The van der Waals surface area contributed by atoms with Crippen LogP contribution < -0.4 is 9.84 Å². The summed E-state index contributed by atoms with van der Waals surface area (Å²) in [4.78, 5) is 7.52. The minimum absolute atomic E-state index is 0. The molecular formula is C22H12F8IrN4O-2. The second-order valence-electron chi connectivity index (χ2n) is 6.60. The molecule has 0 saturated heterocycles. The van der Waals surface area contributed by atoms with Crippen molar-refractivity contribution in [3.05, 3.63) is 83.8 Å². The molecule has 4 rings (SSSR count). The second-order valence-corrected chi connectivity index (χ2v) is 6.60. The van der Waals surface area contributed by atoms with Gasteiger partial charge in [0.2, 0.25) is 0 Å². The van der Waals surface area contributed by atoms with Gasteiger partial charge in [0.1, 0.15) is 11.4 Å². The SMILES string of the molecule is COc1ccnc(-c2[c-]cc(F)cc2F)c1.FC(F)(F)c1n[n-]c(-c2ccccn2)c1C(F)(F)F.[Ir]. The number of hydrogen-bond acceptors (Lipinski definition) is 4. The topological polar surface area (TPSA) is 62.0 Å². The number of hydrogen-bond donors (Lipinski definition) is 0. The third-order valence-corrected chi connectivity index (χ3v) is 4.26. The molecule has 1 aromatic carbocycles. The summed E-state index contributed by atoms with van der Waals surface area (Å²) >= 11 is 0. The molecule has 0 bridgehead atoms. The van der Waals surface area contributed by atoms with Crippen LogP contribution >= 0.6 is 0 Å². The first kappa shape index (κ1) is 28.9. The average molecular weight is 693 g/mol. The second kappa shape index (κ2) is 11.6. The van der Waals surface area contributed by atoms with Crippen molar-refractivity contribution in [2.45, 2.75) is 12.4 Å². The van der Waals surface area contributed by atoms with Crippen molar-refractivity contribution in [1.82, 2.24) is 20.2 Å². The molecular weight excluding hydrogens is 680 g/mol. The van der Waals surface area contributed by atoms with E-state index in [0.717, 1.165) is 24.4 Å². The molecule has 1 radical (unpaired) electrons. The molecule has 0 aliphatic heterocycles. The molecule has 3 heterocycles. The molecule has 193 valence electrons. The summed E-state index contributed by atoms with van der Waals surface area (Å²) in [6.07, 6.45) is -7.81. The Kier molecular flexibility index (Phi) is 9.27. The Hall–Kier alpha value is -3.38. The summed E-state index contributed by atoms with van der Waals surface area (Å²) in [5.41, 5.74) is -4.74. The Balaban J connectivity index is 0.000000250. The zero-order valence-corrected chi connectivity index (χ0v) is 20.1. The number of nitrogens with zero attached hydrogens (tertiary/aromatic N) is 4. The van der Waals surface area contributed by atoms with E-state index in [-0.39, 0.29) is 31.4 Å². The van der Waals surface area contributed by atoms with Crippen molar-refractivity contribution in [2.24, 2.45) is 0 Å². The monoisotopic (exact) mass is 693 g/mol. The molecule has 0 N–H and O–H groups in total. The molecule has 14 heteroatoms. The van der Waals surface area contributed by atoms with Crippen molar-refractivity contribution in [3.8, 4) is 28.4 Å². The van der Waals surface area contributed by atoms with Crippen LogP contribution in [0.3, 0.4) is 0 Å². The maximum atomic E-state index is 13.4. The molecule has 36 heavy (non-hydrogen) atoms. The van der Waals surface area contributed by atoms with Gasteiger partial charge in [-0.15, -0.1) is 12.1 Å². The number of benzene rings is 1. The van der Waals surface area contributed by atoms with Crippen LogP contribution in [0.15, 0.2) is 54.9 Å². The van der Waals surface area contributed by atoms with Gasteiger partial charge in [0.25, 0.3) is 0 Å². The molecule has 5 nitrogen and oxygen atoms in total. The van der Waals surface area contributed by atoms with Crippen LogP contribution in [0.1, 0.15) is 11.3 Å². The van der Waals surface area contributed by atoms with Crippen LogP contribution in [-0.4, -0.2) is 22.2 Å². The van der Waals surface area contributed by atoms with Crippen molar-refractivity contribution < 1.29 is 60.0 Å². The largest absolute Gasteiger partial charge is 0.573 e. The fourth-order valence-electron chi connectivity index (χ4n) is 2.78. The van der Waals surface area contributed by atoms with Crippen LogP contribution in [0.4, 0.5) is 35.1 Å². The number of alkyl halides is 6. The first-order valence-electron chi connectivity index (χ1n) is 9.38. The Morgan fingerprint density at radius 1 is 0.889 bits per heavy atom. The molecule has 3 aromatic heterocycles. The molecule has 0 atom stereocenters. The fraction of sp³-hybridized carbons (Fsp3) is 0.136.